The van der Waals surface area contributed by atoms with Crippen LogP contribution in [0, 0.1) is 12.7 Å². The quantitative estimate of drug-likeness (QED) is 0.712. The summed E-state index contributed by atoms with van der Waals surface area (Å²) < 4.78 is 15.0. The van der Waals surface area contributed by atoms with E-state index in [1.165, 1.54) is 10.6 Å². The first kappa shape index (κ1) is 10.7. The highest BCUT2D eigenvalue weighted by Gasteiger charge is 2.10. The first-order valence-electron chi connectivity index (χ1n) is 5.49. The van der Waals surface area contributed by atoms with E-state index in [9.17, 15) is 9.18 Å². The Balaban J connectivity index is 2.36. The molecule has 0 amide bonds. The van der Waals surface area contributed by atoms with Crippen molar-refractivity contribution in [1.29, 1.82) is 0 Å². The van der Waals surface area contributed by atoms with Crippen molar-refractivity contribution in [2.24, 2.45) is 0 Å². The minimum Gasteiger partial charge on any atom is -0.281 e. The lowest BCUT2D eigenvalue weighted by Gasteiger charge is -2.04. The molecule has 1 N–H and O–H groups in total. The van der Waals surface area contributed by atoms with Crippen molar-refractivity contribution in [2.45, 2.75) is 6.92 Å². The number of nitrogens with one attached hydrogen (secondary N) is 1. The molecule has 0 aliphatic rings. The molecule has 2 heterocycles. The smallest absolute Gasteiger partial charge is 0.267 e. The summed E-state index contributed by atoms with van der Waals surface area (Å²) >= 11 is 0. The van der Waals surface area contributed by atoms with Crippen molar-refractivity contribution >= 4 is 10.8 Å². The third-order valence-corrected chi connectivity index (χ3v) is 2.82. The zero-order valence-electron chi connectivity index (χ0n) is 9.64. The van der Waals surface area contributed by atoms with E-state index in [-0.39, 0.29) is 5.39 Å². The summed E-state index contributed by atoms with van der Waals surface area (Å²) in [5.41, 5.74) is 0.433. The topological polar surface area (TPSA) is 50.7 Å². The number of aromatic nitrogens is 3. The average molecular weight is 243 g/mol. The standard InChI is InChI=1S/C13H10FN3O/c1-8-7-11(16-15-8)17-6-5-9-3-2-4-10(14)12(9)13(17)18/h2-7H,1H3,(H,15,16). The Morgan fingerprint density at radius 3 is 2.89 bits per heavy atom. The lowest BCUT2D eigenvalue weighted by atomic mass is 10.1. The molecule has 2 aromatic heterocycles. The van der Waals surface area contributed by atoms with Gasteiger partial charge in [-0.1, -0.05) is 12.1 Å². The molecule has 0 atom stereocenters. The zero-order valence-corrected chi connectivity index (χ0v) is 9.64. The Hall–Kier alpha value is -2.43. The van der Waals surface area contributed by atoms with Gasteiger partial charge >= 0.3 is 0 Å². The van der Waals surface area contributed by atoms with Crippen LogP contribution in [0.3, 0.4) is 0 Å². The maximum atomic E-state index is 13.7. The van der Waals surface area contributed by atoms with Gasteiger partial charge in [0, 0.05) is 18.0 Å². The van der Waals surface area contributed by atoms with Crippen molar-refractivity contribution in [1.82, 2.24) is 14.8 Å². The molecular formula is C13H10FN3O. The van der Waals surface area contributed by atoms with Crippen molar-refractivity contribution in [3.05, 3.63) is 58.4 Å². The van der Waals surface area contributed by atoms with Gasteiger partial charge in [-0.15, -0.1) is 0 Å². The van der Waals surface area contributed by atoms with Gasteiger partial charge < -0.3 is 0 Å². The highest BCUT2D eigenvalue weighted by atomic mass is 19.1. The molecule has 0 fully saturated rings. The molecule has 4 nitrogen and oxygen atoms in total. The molecular weight excluding hydrogens is 233 g/mol. The molecule has 0 bridgehead atoms. The Bertz CT molecular complexity index is 788. The highest BCUT2D eigenvalue weighted by Crippen LogP contribution is 2.14. The van der Waals surface area contributed by atoms with E-state index in [0.717, 1.165) is 5.69 Å². The number of hydrogen-bond donors (Lipinski definition) is 1. The van der Waals surface area contributed by atoms with E-state index >= 15 is 0 Å². The summed E-state index contributed by atoms with van der Waals surface area (Å²) in [6.45, 7) is 1.84. The van der Waals surface area contributed by atoms with Gasteiger partial charge in [0.25, 0.3) is 5.56 Å². The molecule has 18 heavy (non-hydrogen) atoms. The molecule has 5 heteroatoms. The molecule has 1 aromatic carbocycles. The molecule has 90 valence electrons. The molecule has 0 saturated heterocycles. The predicted molar refractivity (Wildman–Crippen MR) is 66.4 cm³/mol. The van der Waals surface area contributed by atoms with Gasteiger partial charge in [0.05, 0.1) is 5.39 Å². The monoisotopic (exact) mass is 243 g/mol. The molecule has 0 saturated carbocycles. The molecule has 0 radical (unpaired) electrons. The van der Waals surface area contributed by atoms with E-state index in [1.54, 1.807) is 30.5 Å². The summed E-state index contributed by atoms with van der Waals surface area (Å²) in [7, 11) is 0. The van der Waals surface area contributed by atoms with Crippen LogP contribution in [0.4, 0.5) is 4.39 Å². The van der Waals surface area contributed by atoms with Gasteiger partial charge in [-0.3, -0.25) is 14.5 Å². The third-order valence-electron chi connectivity index (χ3n) is 2.82. The van der Waals surface area contributed by atoms with Crippen LogP contribution in [0.5, 0.6) is 0 Å². The van der Waals surface area contributed by atoms with Gasteiger partial charge in [0.2, 0.25) is 0 Å². The summed E-state index contributed by atoms with van der Waals surface area (Å²) in [6.07, 6.45) is 1.60. The Morgan fingerprint density at radius 2 is 2.17 bits per heavy atom. The predicted octanol–water partition coefficient (Wildman–Crippen LogP) is 2.16. The van der Waals surface area contributed by atoms with Gasteiger partial charge in [-0.2, -0.15) is 5.10 Å². The van der Waals surface area contributed by atoms with Crippen LogP contribution in [-0.2, 0) is 0 Å². The number of nitrogens with zero attached hydrogens (tertiary/aromatic N) is 2. The summed E-state index contributed by atoms with van der Waals surface area (Å²) in [5.74, 6) is -0.0539. The lowest BCUT2D eigenvalue weighted by molar-refractivity contribution is 0.638. The van der Waals surface area contributed by atoms with Crippen LogP contribution in [0.25, 0.3) is 16.6 Å². The fourth-order valence-corrected chi connectivity index (χ4v) is 1.96. The zero-order chi connectivity index (χ0) is 12.7. The maximum Gasteiger partial charge on any atom is 0.267 e. The fraction of sp³-hybridized carbons (Fsp3) is 0.0769. The highest BCUT2D eigenvalue weighted by molar-refractivity contribution is 5.82. The van der Waals surface area contributed by atoms with E-state index < -0.39 is 11.4 Å². The number of fused-ring (bicyclic) bond motifs is 1. The van der Waals surface area contributed by atoms with Crippen molar-refractivity contribution in [2.75, 3.05) is 0 Å². The number of H-pyrrole nitrogens is 1. The number of pyridine rings is 1. The molecule has 0 aliphatic heterocycles. The summed E-state index contributed by atoms with van der Waals surface area (Å²) in [4.78, 5) is 12.2. The van der Waals surface area contributed by atoms with Gasteiger partial charge in [0.15, 0.2) is 5.82 Å². The number of halogens is 1. The minimum absolute atomic E-state index is 0.0839. The average Bonchev–Trinajstić information content (AvgIpc) is 2.76. The number of benzene rings is 1. The normalized spacial score (nSPS) is 11.0. The van der Waals surface area contributed by atoms with Crippen molar-refractivity contribution in [3.8, 4) is 5.82 Å². The molecule has 0 spiro atoms. The van der Waals surface area contributed by atoms with E-state index in [2.05, 4.69) is 10.2 Å². The first-order valence-corrected chi connectivity index (χ1v) is 5.49. The van der Waals surface area contributed by atoms with Gasteiger partial charge in [-0.25, -0.2) is 4.39 Å². The summed E-state index contributed by atoms with van der Waals surface area (Å²) in [5, 5.41) is 7.42. The Labute approximate surface area is 102 Å². The SMILES string of the molecule is Cc1cc(-n2ccc3cccc(F)c3c2=O)n[nH]1. The van der Waals surface area contributed by atoms with Crippen molar-refractivity contribution in [3.63, 3.8) is 0 Å². The number of rotatable bonds is 1. The van der Waals surface area contributed by atoms with E-state index in [4.69, 9.17) is 0 Å². The van der Waals surface area contributed by atoms with E-state index in [1.807, 2.05) is 6.92 Å². The van der Waals surface area contributed by atoms with Crippen molar-refractivity contribution < 1.29 is 4.39 Å². The van der Waals surface area contributed by atoms with Gasteiger partial charge in [0.1, 0.15) is 5.82 Å². The molecule has 3 aromatic rings. The van der Waals surface area contributed by atoms with Crippen LogP contribution in [0.1, 0.15) is 5.69 Å². The maximum absolute atomic E-state index is 13.7. The number of aromatic amines is 1. The fourth-order valence-electron chi connectivity index (χ4n) is 1.96. The minimum atomic E-state index is -0.515. The first-order chi connectivity index (χ1) is 8.66. The largest absolute Gasteiger partial charge is 0.281 e. The lowest BCUT2D eigenvalue weighted by Crippen LogP contribution is -2.18. The molecule has 0 unspecified atom stereocenters. The Morgan fingerprint density at radius 1 is 1.33 bits per heavy atom. The van der Waals surface area contributed by atoms with Crippen LogP contribution < -0.4 is 5.56 Å². The Kier molecular flexibility index (Phi) is 2.26. The third kappa shape index (κ3) is 1.52. The second kappa shape index (κ2) is 3.80. The van der Waals surface area contributed by atoms with E-state index in [0.29, 0.717) is 11.2 Å². The van der Waals surface area contributed by atoms with Crippen LogP contribution in [-0.4, -0.2) is 14.8 Å². The second-order valence-corrected chi connectivity index (χ2v) is 4.10. The summed E-state index contributed by atoms with van der Waals surface area (Å²) in [6, 6.07) is 8.00. The van der Waals surface area contributed by atoms with Crippen LogP contribution in [0.2, 0.25) is 0 Å². The molecule has 0 aliphatic carbocycles. The van der Waals surface area contributed by atoms with Crippen LogP contribution >= 0.6 is 0 Å². The molecule has 3 rings (SSSR count). The van der Waals surface area contributed by atoms with Gasteiger partial charge in [-0.05, 0) is 24.4 Å². The number of hydrogen-bond acceptors (Lipinski definition) is 2. The van der Waals surface area contributed by atoms with Crippen LogP contribution in [0.15, 0.2) is 41.3 Å². The second-order valence-electron chi connectivity index (χ2n) is 4.10. The number of aryl methyl sites for hydroxylation is 1.